The second-order valence-electron chi connectivity index (χ2n) is 7.11. The third-order valence-electron chi connectivity index (χ3n) is 5.38. The van der Waals surface area contributed by atoms with Gasteiger partial charge in [-0.2, -0.15) is 0 Å². The maximum atomic E-state index is 12.5. The molecule has 150 valence electrons. The molecular formula is C22H23N3O4. The van der Waals surface area contributed by atoms with Crippen molar-refractivity contribution in [3.05, 3.63) is 65.2 Å². The molecular weight excluding hydrogens is 370 g/mol. The van der Waals surface area contributed by atoms with Crippen LogP contribution in [0.5, 0.6) is 0 Å². The summed E-state index contributed by atoms with van der Waals surface area (Å²) in [6.07, 6.45) is 1.51. The highest BCUT2D eigenvalue weighted by atomic mass is 16.5. The molecule has 0 N–H and O–H groups in total. The summed E-state index contributed by atoms with van der Waals surface area (Å²) in [5.41, 5.74) is 2.97. The number of esters is 1. The highest BCUT2D eigenvalue weighted by Crippen LogP contribution is 2.25. The van der Waals surface area contributed by atoms with Crippen LogP contribution in [0.1, 0.15) is 32.2 Å². The molecule has 4 rings (SSSR count). The van der Waals surface area contributed by atoms with Gasteiger partial charge in [-0.3, -0.25) is 14.7 Å². The Morgan fingerprint density at radius 2 is 1.86 bits per heavy atom. The van der Waals surface area contributed by atoms with Crippen LogP contribution in [-0.4, -0.2) is 59.9 Å². The highest BCUT2D eigenvalue weighted by Gasteiger charge is 2.26. The third-order valence-corrected chi connectivity index (χ3v) is 5.38. The number of furan rings is 1. The summed E-state index contributed by atoms with van der Waals surface area (Å²) >= 11 is 0. The lowest BCUT2D eigenvalue weighted by Gasteiger charge is -2.34. The van der Waals surface area contributed by atoms with Gasteiger partial charge in [-0.05, 0) is 30.7 Å². The number of aryl methyl sites for hydroxylation is 1. The number of hydrogen-bond acceptors (Lipinski definition) is 6. The van der Waals surface area contributed by atoms with E-state index in [4.69, 9.17) is 14.1 Å². The molecule has 0 bridgehead atoms. The largest absolute Gasteiger partial charge is 0.465 e. The minimum atomic E-state index is -0.373. The summed E-state index contributed by atoms with van der Waals surface area (Å²) in [6, 6.07) is 11.2. The van der Waals surface area contributed by atoms with Crippen LogP contribution in [0.2, 0.25) is 0 Å². The summed E-state index contributed by atoms with van der Waals surface area (Å²) in [5, 5.41) is 0.950. The third kappa shape index (κ3) is 3.73. The Morgan fingerprint density at radius 1 is 1.10 bits per heavy atom. The van der Waals surface area contributed by atoms with Crippen molar-refractivity contribution in [3.63, 3.8) is 0 Å². The van der Waals surface area contributed by atoms with Gasteiger partial charge in [0.25, 0.3) is 5.91 Å². The number of fused-ring (bicyclic) bond motifs is 1. The van der Waals surface area contributed by atoms with Crippen LogP contribution < -0.4 is 0 Å². The number of carbonyl (C=O) groups is 2. The topological polar surface area (TPSA) is 75.9 Å². The number of nitrogens with zero attached hydrogens (tertiary/aromatic N) is 3. The maximum absolute atomic E-state index is 12.5. The van der Waals surface area contributed by atoms with Crippen molar-refractivity contribution in [1.29, 1.82) is 0 Å². The van der Waals surface area contributed by atoms with Crippen LogP contribution in [0, 0.1) is 6.92 Å². The molecule has 0 saturated carbocycles. The van der Waals surface area contributed by atoms with Crippen molar-refractivity contribution < 1.29 is 18.7 Å². The van der Waals surface area contributed by atoms with Crippen LogP contribution in [0.4, 0.5) is 0 Å². The smallest absolute Gasteiger partial charge is 0.340 e. The zero-order chi connectivity index (χ0) is 20.4. The lowest BCUT2D eigenvalue weighted by molar-refractivity contribution is 0.0586. The molecule has 7 nitrogen and oxygen atoms in total. The van der Waals surface area contributed by atoms with Crippen molar-refractivity contribution in [2.75, 3.05) is 33.3 Å². The number of pyridine rings is 1. The molecule has 1 saturated heterocycles. The molecule has 1 fully saturated rings. The fraction of sp³-hybridized carbons (Fsp3) is 0.318. The number of methoxy groups -OCH3 is 1. The Bertz CT molecular complexity index is 1040. The van der Waals surface area contributed by atoms with E-state index in [0.29, 0.717) is 49.7 Å². The molecule has 0 spiro atoms. The molecule has 3 heterocycles. The van der Waals surface area contributed by atoms with Gasteiger partial charge < -0.3 is 14.1 Å². The molecule has 1 aromatic carbocycles. The summed E-state index contributed by atoms with van der Waals surface area (Å²) in [4.78, 5) is 33.7. The number of amides is 1. The molecule has 7 heteroatoms. The van der Waals surface area contributed by atoms with Gasteiger partial charge in [-0.15, -0.1) is 0 Å². The second-order valence-corrected chi connectivity index (χ2v) is 7.11. The number of piperazine rings is 1. The summed E-state index contributed by atoms with van der Waals surface area (Å²) in [7, 11) is 1.39. The molecule has 3 aromatic rings. The Labute approximate surface area is 168 Å². The van der Waals surface area contributed by atoms with Crippen LogP contribution in [0.25, 0.3) is 10.9 Å². The first-order valence-electron chi connectivity index (χ1n) is 9.60. The van der Waals surface area contributed by atoms with Crippen molar-refractivity contribution >= 4 is 22.8 Å². The normalized spacial score (nSPS) is 14.9. The van der Waals surface area contributed by atoms with Gasteiger partial charge in [0, 0.05) is 38.1 Å². The molecule has 1 aliphatic heterocycles. The molecule has 1 aliphatic rings. The minimum Gasteiger partial charge on any atom is -0.465 e. The van der Waals surface area contributed by atoms with Crippen LogP contribution in [0.15, 0.2) is 47.1 Å². The average Bonchev–Trinajstić information content (AvgIpc) is 3.28. The fourth-order valence-corrected chi connectivity index (χ4v) is 3.80. The first-order chi connectivity index (χ1) is 14.1. The Balaban J connectivity index is 1.54. The quantitative estimate of drug-likeness (QED) is 0.635. The van der Waals surface area contributed by atoms with Crippen LogP contribution in [0.3, 0.4) is 0 Å². The van der Waals surface area contributed by atoms with Gasteiger partial charge in [0.15, 0.2) is 5.76 Å². The standard InChI is InChI=1S/C22H23N3O4/c1-15-16-6-3-4-7-17(16)23-18(20(15)22(27)28-2)14-24-9-11-25(12-10-24)21(26)19-8-5-13-29-19/h3-8,13H,9-12,14H2,1-2H3. The van der Waals surface area contributed by atoms with E-state index < -0.39 is 0 Å². The van der Waals surface area contributed by atoms with Gasteiger partial charge >= 0.3 is 5.97 Å². The Hall–Kier alpha value is -3.19. The molecule has 2 aromatic heterocycles. The van der Waals surface area contributed by atoms with E-state index in [2.05, 4.69) is 4.90 Å². The zero-order valence-electron chi connectivity index (χ0n) is 16.6. The van der Waals surface area contributed by atoms with Crippen molar-refractivity contribution in [2.24, 2.45) is 0 Å². The highest BCUT2D eigenvalue weighted by molar-refractivity contribution is 5.98. The lowest BCUT2D eigenvalue weighted by Crippen LogP contribution is -2.48. The molecule has 1 amide bonds. The van der Waals surface area contributed by atoms with E-state index in [0.717, 1.165) is 16.5 Å². The molecule has 29 heavy (non-hydrogen) atoms. The Kier molecular flexibility index (Phi) is 5.31. The molecule has 0 radical (unpaired) electrons. The number of aromatic nitrogens is 1. The van der Waals surface area contributed by atoms with Crippen LogP contribution >= 0.6 is 0 Å². The second kappa shape index (κ2) is 8.05. The molecule has 0 aliphatic carbocycles. The fourth-order valence-electron chi connectivity index (χ4n) is 3.80. The van der Waals surface area contributed by atoms with Gasteiger partial charge in [0.05, 0.1) is 30.1 Å². The van der Waals surface area contributed by atoms with Crippen molar-refractivity contribution in [3.8, 4) is 0 Å². The van der Waals surface area contributed by atoms with E-state index in [9.17, 15) is 9.59 Å². The monoisotopic (exact) mass is 393 g/mol. The van der Waals surface area contributed by atoms with Gasteiger partial charge in [-0.25, -0.2) is 4.79 Å². The predicted octanol–water partition coefficient (Wildman–Crippen LogP) is 2.88. The van der Waals surface area contributed by atoms with E-state index >= 15 is 0 Å². The van der Waals surface area contributed by atoms with E-state index in [1.165, 1.54) is 13.4 Å². The van der Waals surface area contributed by atoms with Gasteiger partial charge in [0.2, 0.25) is 0 Å². The number of ether oxygens (including phenoxy) is 1. The van der Waals surface area contributed by atoms with Gasteiger partial charge in [0.1, 0.15) is 0 Å². The first-order valence-corrected chi connectivity index (χ1v) is 9.60. The van der Waals surface area contributed by atoms with E-state index in [1.807, 2.05) is 31.2 Å². The predicted molar refractivity (Wildman–Crippen MR) is 108 cm³/mol. The molecule has 0 unspecified atom stereocenters. The minimum absolute atomic E-state index is 0.0930. The SMILES string of the molecule is COC(=O)c1c(CN2CCN(C(=O)c3ccco3)CC2)nc2ccccc2c1C. The van der Waals surface area contributed by atoms with E-state index in [-0.39, 0.29) is 11.9 Å². The Morgan fingerprint density at radius 3 is 2.55 bits per heavy atom. The van der Waals surface area contributed by atoms with Gasteiger partial charge in [-0.1, -0.05) is 18.2 Å². The number of hydrogen-bond donors (Lipinski definition) is 0. The van der Waals surface area contributed by atoms with Crippen LogP contribution in [-0.2, 0) is 11.3 Å². The number of rotatable bonds is 4. The van der Waals surface area contributed by atoms with E-state index in [1.54, 1.807) is 17.0 Å². The van der Waals surface area contributed by atoms with Crippen molar-refractivity contribution in [1.82, 2.24) is 14.8 Å². The van der Waals surface area contributed by atoms with Crippen molar-refractivity contribution in [2.45, 2.75) is 13.5 Å². The molecule has 0 atom stereocenters. The summed E-state index contributed by atoms with van der Waals surface area (Å²) in [6.45, 7) is 5.04. The maximum Gasteiger partial charge on any atom is 0.340 e. The average molecular weight is 393 g/mol. The number of para-hydroxylation sites is 1. The zero-order valence-corrected chi connectivity index (χ0v) is 16.6. The summed E-state index contributed by atoms with van der Waals surface area (Å²) < 4.78 is 10.2. The lowest BCUT2D eigenvalue weighted by atomic mass is 10.0. The number of carbonyl (C=O) groups excluding carboxylic acids is 2. The number of benzene rings is 1. The summed E-state index contributed by atoms with van der Waals surface area (Å²) in [5.74, 6) is -0.106. The first kappa shape index (κ1) is 19.1.